The third kappa shape index (κ3) is 2.42. The molecule has 0 saturated heterocycles. The van der Waals surface area contributed by atoms with Gasteiger partial charge in [0.15, 0.2) is 5.16 Å². The molecule has 0 bridgehead atoms. The highest BCUT2D eigenvalue weighted by molar-refractivity contribution is 7.98. The van der Waals surface area contributed by atoms with E-state index in [0.717, 1.165) is 16.6 Å². The Morgan fingerprint density at radius 3 is 2.50 bits per heavy atom. The molecule has 104 valence electrons. The van der Waals surface area contributed by atoms with Crippen LogP contribution in [-0.4, -0.2) is 14.8 Å². The van der Waals surface area contributed by atoms with E-state index in [0.29, 0.717) is 12.0 Å². The lowest BCUT2D eigenvalue weighted by molar-refractivity contribution is 0.627. The van der Waals surface area contributed by atoms with Crippen LogP contribution in [0.1, 0.15) is 49.0 Å². The Bertz CT molecular complexity index is 611. The molecule has 0 atom stereocenters. The first-order valence-corrected chi connectivity index (χ1v) is 8.22. The van der Waals surface area contributed by atoms with Crippen molar-refractivity contribution in [3.63, 3.8) is 0 Å². The molecular weight excluding hydrogens is 268 g/mol. The SMILES string of the molecule is Nc1ccc(CSc2nnc(C3CC3)n2C2CC2)cc1. The summed E-state index contributed by atoms with van der Waals surface area (Å²) < 4.78 is 2.40. The van der Waals surface area contributed by atoms with E-state index in [-0.39, 0.29) is 0 Å². The predicted octanol–water partition coefficient (Wildman–Crippen LogP) is 3.36. The zero-order valence-electron chi connectivity index (χ0n) is 11.3. The zero-order valence-corrected chi connectivity index (χ0v) is 12.1. The number of anilines is 1. The van der Waals surface area contributed by atoms with E-state index in [9.17, 15) is 0 Å². The molecule has 20 heavy (non-hydrogen) atoms. The summed E-state index contributed by atoms with van der Waals surface area (Å²) in [7, 11) is 0. The maximum Gasteiger partial charge on any atom is 0.191 e. The van der Waals surface area contributed by atoms with Crippen LogP contribution >= 0.6 is 11.8 Å². The number of hydrogen-bond acceptors (Lipinski definition) is 4. The summed E-state index contributed by atoms with van der Waals surface area (Å²) in [6.45, 7) is 0. The molecule has 0 radical (unpaired) electrons. The molecule has 1 aromatic carbocycles. The molecule has 2 fully saturated rings. The van der Waals surface area contributed by atoms with Gasteiger partial charge in [0.2, 0.25) is 0 Å². The molecule has 4 rings (SSSR count). The van der Waals surface area contributed by atoms with Gasteiger partial charge in [0, 0.05) is 23.4 Å². The molecule has 5 heteroatoms. The van der Waals surface area contributed by atoms with E-state index >= 15 is 0 Å². The van der Waals surface area contributed by atoms with Gasteiger partial charge in [-0.3, -0.25) is 0 Å². The van der Waals surface area contributed by atoms with Crippen molar-refractivity contribution in [1.82, 2.24) is 14.8 Å². The normalized spacial score (nSPS) is 18.4. The molecule has 2 N–H and O–H groups in total. The number of nitrogens with two attached hydrogens (primary N) is 1. The van der Waals surface area contributed by atoms with Crippen molar-refractivity contribution >= 4 is 17.4 Å². The van der Waals surface area contributed by atoms with Crippen molar-refractivity contribution in [2.45, 2.75) is 48.6 Å². The van der Waals surface area contributed by atoms with E-state index < -0.39 is 0 Å². The Morgan fingerprint density at radius 2 is 1.85 bits per heavy atom. The first kappa shape index (κ1) is 12.3. The van der Waals surface area contributed by atoms with Crippen molar-refractivity contribution in [2.75, 3.05) is 5.73 Å². The smallest absolute Gasteiger partial charge is 0.191 e. The minimum Gasteiger partial charge on any atom is -0.399 e. The Kier molecular flexibility index (Phi) is 2.95. The number of nitrogens with zero attached hydrogens (tertiary/aromatic N) is 3. The fraction of sp³-hybridized carbons (Fsp3) is 0.467. The second kappa shape index (κ2) is 4.81. The minimum atomic E-state index is 0.662. The van der Waals surface area contributed by atoms with Crippen LogP contribution in [0.2, 0.25) is 0 Å². The molecule has 1 heterocycles. The lowest BCUT2D eigenvalue weighted by atomic mass is 10.2. The molecule has 0 spiro atoms. The highest BCUT2D eigenvalue weighted by Crippen LogP contribution is 2.46. The molecule has 2 aromatic rings. The van der Waals surface area contributed by atoms with Gasteiger partial charge in [-0.1, -0.05) is 23.9 Å². The van der Waals surface area contributed by atoms with E-state index in [1.807, 2.05) is 12.1 Å². The number of aromatic nitrogens is 3. The highest BCUT2D eigenvalue weighted by atomic mass is 32.2. The van der Waals surface area contributed by atoms with Gasteiger partial charge in [-0.05, 0) is 43.4 Å². The summed E-state index contributed by atoms with van der Waals surface area (Å²) in [5.74, 6) is 2.83. The fourth-order valence-electron chi connectivity index (χ4n) is 2.44. The summed E-state index contributed by atoms with van der Waals surface area (Å²) in [6, 6.07) is 8.74. The maximum absolute atomic E-state index is 5.72. The highest BCUT2D eigenvalue weighted by Gasteiger charge is 2.36. The predicted molar refractivity (Wildman–Crippen MR) is 80.7 cm³/mol. The molecule has 0 amide bonds. The molecule has 0 aliphatic heterocycles. The number of benzene rings is 1. The van der Waals surface area contributed by atoms with E-state index in [1.54, 1.807) is 11.8 Å². The summed E-state index contributed by atoms with van der Waals surface area (Å²) >= 11 is 1.79. The van der Waals surface area contributed by atoms with Gasteiger partial charge in [0.25, 0.3) is 0 Å². The van der Waals surface area contributed by atoms with Crippen molar-refractivity contribution in [3.8, 4) is 0 Å². The van der Waals surface area contributed by atoms with Crippen LogP contribution in [0.3, 0.4) is 0 Å². The van der Waals surface area contributed by atoms with Gasteiger partial charge >= 0.3 is 0 Å². The third-order valence-corrected chi connectivity index (χ3v) is 4.91. The summed E-state index contributed by atoms with van der Waals surface area (Å²) in [4.78, 5) is 0. The number of thioether (sulfide) groups is 1. The van der Waals surface area contributed by atoms with Crippen molar-refractivity contribution in [2.24, 2.45) is 0 Å². The largest absolute Gasteiger partial charge is 0.399 e. The Labute approximate surface area is 122 Å². The van der Waals surface area contributed by atoms with Crippen LogP contribution < -0.4 is 5.73 Å². The molecular formula is C15H18N4S. The van der Waals surface area contributed by atoms with Crippen LogP contribution in [0.5, 0.6) is 0 Å². The van der Waals surface area contributed by atoms with Crippen LogP contribution in [0.15, 0.2) is 29.4 Å². The quantitative estimate of drug-likeness (QED) is 0.676. The standard InChI is InChI=1S/C15H18N4S/c16-12-5-1-10(2-6-12)9-20-15-18-17-14(11-3-4-11)19(15)13-7-8-13/h1-2,5-6,11,13H,3-4,7-9,16H2. The third-order valence-electron chi connectivity index (χ3n) is 3.89. The van der Waals surface area contributed by atoms with E-state index in [2.05, 4.69) is 26.9 Å². The number of nitrogen functional groups attached to an aromatic ring is 1. The Balaban J connectivity index is 1.52. The summed E-state index contributed by atoms with van der Waals surface area (Å²) in [6.07, 6.45) is 5.14. The lowest BCUT2D eigenvalue weighted by Crippen LogP contribution is -2.01. The first-order chi connectivity index (χ1) is 9.81. The average Bonchev–Trinajstić information content (AvgIpc) is 3.37. The van der Waals surface area contributed by atoms with Gasteiger partial charge in [-0.15, -0.1) is 10.2 Å². The van der Waals surface area contributed by atoms with Gasteiger partial charge in [0.05, 0.1) is 0 Å². The lowest BCUT2D eigenvalue weighted by Gasteiger charge is -2.08. The van der Waals surface area contributed by atoms with Crippen LogP contribution in [0.25, 0.3) is 0 Å². The van der Waals surface area contributed by atoms with Crippen LogP contribution in [0.4, 0.5) is 5.69 Å². The second-order valence-corrected chi connectivity index (χ2v) is 6.69. The zero-order chi connectivity index (χ0) is 13.5. The molecule has 2 aliphatic carbocycles. The van der Waals surface area contributed by atoms with E-state index in [1.165, 1.54) is 37.1 Å². The average molecular weight is 286 g/mol. The topological polar surface area (TPSA) is 56.7 Å². The van der Waals surface area contributed by atoms with Gasteiger partial charge in [-0.2, -0.15) is 0 Å². The first-order valence-electron chi connectivity index (χ1n) is 7.23. The fourth-order valence-corrected chi connectivity index (χ4v) is 3.41. The van der Waals surface area contributed by atoms with Crippen molar-refractivity contribution in [1.29, 1.82) is 0 Å². The van der Waals surface area contributed by atoms with Crippen molar-refractivity contribution < 1.29 is 0 Å². The monoisotopic (exact) mass is 286 g/mol. The molecule has 2 aliphatic rings. The van der Waals surface area contributed by atoms with E-state index in [4.69, 9.17) is 5.73 Å². The van der Waals surface area contributed by atoms with Crippen molar-refractivity contribution in [3.05, 3.63) is 35.7 Å². The Morgan fingerprint density at radius 1 is 1.10 bits per heavy atom. The van der Waals surface area contributed by atoms with Crippen LogP contribution in [-0.2, 0) is 5.75 Å². The van der Waals surface area contributed by atoms with Crippen LogP contribution in [0, 0.1) is 0 Å². The number of hydrogen-bond donors (Lipinski definition) is 1. The molecule has 0 unspecified atom stereocenters. The molecule has 1 aromatic heterocycles. The van der Waals surface area contributed by atoms with Gasteiger partial charge in [-0.25, -0.2) is 0 Å². The Hall–Kier alpha value is -1.49. The summed E-state index contributed by atoms with van der Waals surface area (Å²) in [5.41, 5.74) is 7.81. The molecule has 2 saturated carbocycles. The number of rotatable bonds is 5. The minimum absolute atomic E-state index is 0.662. The van der Waals surface area contributed by atoms with Gasteiger partial charge in [0.1, 0.15) is 5.82 Å². The summed E-state index contributed by atoms with van der Waals surface area (Å²) in [5, 5.41) is 9.95. The second-order valence-electron chi connectivity index (χ2n) is 5.75. The van der Waals surface area contributed by atoms with Gasteiger partial charge < -0.3 is 10.3 Å². The molecule has 4 nitrogen and oxygen atoms in total. The maximum atomic E-state index is 5.72.